The van der Waals surface area contributed by atoms with E-state index in [9.17, 15) is 4.79 Å². The van der Waals surface area contributed by atoms with E-state index in [1.54, 1.807) is 0 Å². The minimum atomic E-state index is -0.602. The fourth-order valence-corrected chi connectivity index (χ4v) is 3.23. The van der Waals surface area contributed by atoms with Crippen molar-refractivity contribution in [3.05, 3.63) is 35.4 Å². The standard InChI is InChI=1S/C18H26O2/c1-2-3-14-4-6-15(7-5-14)8-9-16-10-12-17(13-11-16)18(19)20/h4-7,16-17H,2-3,8-13H2,1H3,(H,19,20). The van der Waals surface area contributed by atoms with Gasteiger partial charge in [0.2, 0.25) is 0 Å². The van der Waals surface area contributed by atoms with E-state index < -0.39 is 5.97 Å². The molecule has 1 aliphatic rings. The van der Waals surface area contributed by atoms with Gasteiger partial charge in [-0.3, -0.25) is 4.79 Å². The molecule has 2 heteroatoms. The summed E-state index contributed by atoms with van der Waals surface area (Å²) in [5, 5.41) is 9.00. The van der Waals surface area contributed by atoms with Crippen LogP contribution in [0.15, 0.2) is 24.3 Å². The summed E-state index contributed by atoms with van der Waals surface area (Å²) in [6.07, 6.45) is 8.63. The molecule has 0 amide bonds. The highest BCUT2D eigenvalue weighted by Gasteiger charge is 2.25. The minimum absolute atomic E-state index is 0.0837. The summed E-state index contributed by atoms with van der Waals surface area (Å²) in [5.41, 5.74) is 2.85. The lowest BCUT2D eigenvalue weighted by molar-refractivity contribution is -0.143. The van der Waals surface area contributed by atoms with Crippen LogP contribution in [0.3, 0.4) is 0 Å². The Kier molecular flexibility index (Phi) is 5.63. The average molecular weight is 274 g/mol. The van der Waals surface area contributed by atoms with Gasteiger partial charge in [0.1, 0.15) is 0 Å². The molecule has 0 aliphatic heterocycles. The molecule has 1 saturated carbocycles. The summed E-state index contributed by atoms with van der Waals surface area (Å²) in [6, 6.07) is 9.02. The maximum absolute atomic E-state index is 10.9. The second-order valence-electron chi connectivity index (χ2n) is 6.16. The van der Waals surface area contributed by atoms with Gasteiger partial charge >= 0.3 is 5.97 Å². The Bertz CT molecular complexity index is 414. The van der Waals surface area contributed by atoms with Crippen LogP contribution in [0.5, 0.6) is 0 Å². The quantitative estimate of drug-likeness (QED) is 0.831. The van der Waals surface area contributed by atoms with Crippen LogP contribution in [0, 0.1) is 11.8 Å². The van der Waals surface area contributed by atoms with Crippen LogP contribution in [0.1, 0.15) is 56.6 Å². The number of rotatable bonds is 6. The Hall–Kier alpha value is -1.31. The lowest BCUT2D eigenvalue weighted by Crippen LogP contribution is -2.21. The zero-order valence-corrected chi connectivity index (χ0v) is 12.5. The van der Waals surface area contributed by atoms with Gasteiger partial charge in [0.05, 0.1) is 5.92 Å². The predicted octanol–water partition coefficient (Wildman–Crippen LogP) is 4.46. The van der Waals surface area contributed by atoms with Gasteiger partial charge in [0.15, 0.2) is 0 Å². The minimum Gasteiger partial charge on any atom is -0.481 e. The van der Waals surface area contributed by atoms with Crippen LogP contribution in [-0.4, -0.2) is 11.1 Å². The maximum atomic E-state index is 10.9. The van der Waals surface area contributed by atoms with E-state index in [2.05, 4.69) is 31.2 Å². The molecule has 0 saturated heterocycles. The van der Waals surface area contributed by atoms with Crippen molar-refractivity contribution in [1.29, 1.82) is 0 Å². The van der Waals surface area contributed by atoms with Crippen molar-refractivity contribution in [3.8, 4) is 0 Å². The lowest BCUT2D eigenvalue weighted by atomic mass is 9.79. The molecular weight excluding hydrogens is 248 g/mol. The van der Waals surface area contributed by atoms with Crippen LogP contribution in [0.25, 0.3) is 0 Å². The van der Waals surface area contributed by atoms with E-state index in [4.69, 9.17) is 5.11 Å². The first-order valence-corrected chi connectivity index (χ1v) is 7.99. The summed E-state index contributed by atoms with van der Waals surface area (Å²) < 4.78 is 0. The van der Waals surface area contributed by atoms with Crippen LogP contribution >= 0.6 is 0 Å². The number of hydrogen-bond donors (Lipinski definition) is 1. The normalized spacial score (nSPS) is 22.6. The number of carbonyl (C=O) groups is 1. The molecule has 2 rings (SSSR count). The summed E-state index contributed by atoms with van der Waals surface area (Å²) in [7, 11) is 0. The Morgan fingerprint density at radius 2 is 1.60 bits per heavy atom. The first-order chi connectivity index (χ1) is 9.69. The fraction of sp³-hybridized carbons (Fsp3) is 0.611. The van der Waals surface area contributed by atoms with Gasteiger partial charge in [-0.2, -0.15) is 0 Å². The van der Waals surface area contributed by atoms with Crippen LogP contribution in [-0.2, 0) is 17.6 Å². The fourth-order valence-electron chi connectivity index (χ4n) is 3.23. The van der Waals surface area contributed by atoms with E-state index in [0.29, 0.717) is 0 Å². The zero-order chi connectivity index (χ0) is 14.4. The van der Waals surface area contributed by atoms with Crippen molar-refractivity contribution >= 4 is 5.97 Å². The first kappa shape index (κ1) is 15.1. The van der Waals surface area contributed by atoms with Crippen molar-refractivity contribution in [3.63, 3.8) is 0 Å². The molecule has 1 aromatic rings. The molecule has 0 unspecified atom stereocenters. The SMILES string of the molecule is CCCc1ccc(CCC2CCC(C(=O)O)CC2)cc1. The van der Waals surface area contributed by atoms with Crippen LogP contribution < -0.4 is 0 Å². The molecule has 110 valence electrons. The first-order valence-electron chi connectivity index (χ1n) is 7.99. The number of carboxylic acids is 1. The molecule has 1 aliphatic carbocycles. The van der Waals surface area contributed by atoms with Crippen LogP contribution in [0.4, 0.5) is 0 Å². The topological polar surface area (TPSA) is 37.3 Å². The van der Waals surface area contributed by atoms with Crippen molar-refractivity contribution in [2.24, 2.45) is 11.8 Å². The molecule has 0 bridgehead atoms. The molecule has 0 spiro atoms. The molecule has 0 aromatic heterocycles. The van der Waals surface area contributed by atoms with E-state index in [1.165, 1.54) is 30.4 Å². The molecule has 1 aromatic carbocycles. The smallest absolute Gasteiger partial charge is 0.306 e. The third-order valence-electron chi connectivity index (χ3n) is 4.60. The van der Waals surface area contributed by atoms with E-state index in [-0.39, 0.29) is 5.92 Å². The molecule has 1 N–H and O–H groups in total. The predicted molar refractivity (Wildman–Crippen MR) is 81.8 cm³/mol. The van der Waals surface area contributed by atoms with Crippen molar-refractivity contribution in [2.45, 2.75) is 58.3 Å². The van der Waals surface area contributed by atoms with E-state index >= 15 is 0 Å². The van der Waals surface area contributed by atoms with E-state index in [1.807, 2.05) is 0 Å². The average Bonchev–Trinajstić information content (AvgIpc) is 2.47. The highest BCUT2D eigenvalue weighted by molar-refractivity contribution is 5.69. The highest BCUT2D eigenvalue weighted by Crippen LogP contribution is 2.31. The highest BCUT2D eigenvalue weighted by atomic mass is 16.4. The van der Waals surface area contributed by atoms with Gasteiger partial charge in [0, 0.05) is 0 Å². The third-order valence-corrected chi connectivity index (χ3v) is 4.60. The van der Waals surface area contributed by atoms with Crippen molar-refractivity contribution in [1.82, 2.24) is 0 Å². The molecule has 1 fully saturated rings. The Morgan fingerprint density at radius 1 is 1.05 bits per heavy atom. The van der Waals surface area contributed by atoms with Crippen molar-refractivity contribution < 1.29 is 9.90 Å². The van der Waals surface area contributed by atoms with Gasteiger partial charge in [-0.15, -0.1) is 0 Å². The zero-order valence-electron chi connectivity index (χ0n) is 12.5. The Morgan fingerprint density at radius 3 is 2.10 bits per heavy atom. The molecule has 0 atom stereocenters. The number of aryl methyl sites for hydroxylation is 2. The van der Waals surface area contributed by atoms with Gasteiger partial charge in [-0.05, 0) is 62.0 Å². The largest absolute Gasteiger partial charge is 0.481 e. The number of hydrogen-bond acceptors (Lipinski definition) is 1. The summed E-state index contributed by atoms with van der Waals surface area (Å²) in [4.78, 5) is 10.9. The second kappa shape index (κ2) is 7.47. The molecule has 2 nitrogen and oxygen atoms in total. The molecule has 0 radical (unpaired) electrons. The van der Waals surface area contributed by atoms with Gasteiger partial charge < -0.3 is 5.11 Å². The summed E-state index contributed by atoms with van der Waals surface area (Å²) in [6.45, 7) is 2.21. The van der Waals surface area contributed by atoms with Gasteiger partial charge in [-0.1, -0.05) is 37.6 Å². The second-order valence-corrected chi connectivity index (χ2v) is 6.16. The van der Waals surface area contributed by atoms with Crippen LogP contribution in [0.2, 0.25) is 0 Å². The van der Waals surface area contributed by atoms with Gasteiger partial charge in [-0.25, -0.2) is 0 Å². The number of carboxylic acid groups (broad SMARTS) is 1. The maximum Gasteiger partial charge on any atom is 0.306 e. The van der Waals surface area contributed by atoms with Gasteiger partial charge in [0.25, 0.3) is 0 Å². The van der Waals surface area contributed by atoms with E-state index in [0.717, 1.165) is 38.0 Å². The molecule has 20 heavy (non-hydrogen) atoms. The number of aliphatic carboxylic acids is 1. The number of benzene rings is 1. The Balaban J connectivity index is 1.74. The van der Waals surface area contributed by atoms with Crippen molar-refractivity contribution in [2.75, 3.05) is 0 Å². The third kappa shape index (κ3) is 4.36. The summed E-state index contributed by atoms with van der Waals surface area (Å²) >= 11 is 0. The Labute approximate surface area is 122 Å². The monoisotopic (exact) mass is 274 g/mol. The molecular formula is C18H26O2. The molecule has 0 heterocycles. The summed E-state index contributed by atoms with van der Waals surface area (Å²) in [5.74, 6) is 0.0375. The lowest BCUT2D eigenvalue weighted by Gasteiger charge is -2.26.